The highest BCUT2D eigenvalue weighted by Crippen LogP contribution is 2.37. The SMILES string of the molecule is NCc1ccc(N2CC(=O)NC(=O)C2)c(C(F)(F)F)c1. The van der Waals surface area contributed by atoms with Crippen molar-refractivity contribution in [1.29, 1.82) is 0 Å². The number of hydrogen-bond acceptors (Lipinski definition) is 4. The van der Waals surface area contributed by atoms with Gasteiger partial charge in [-0.3, -0.25) is 14.9 Å². The molecule has 8 heteroatoms. The molecule has 0 saturated carbocycles. The maximum Gasteiger partial charge on any atom is 0.418 e. The standard InChI is InChI=1S/C12H12F3N3O2/c13-12(14,15)8-3-7(4-16)1-2-9(8)18-5-10(19)17-11(20)6-18/h1-3H,4-6,16H2,(H,17,19,20). The summed E-state index contributed by atoms with van der Waals surface area (Å²) in [7, 11) is 0. The van der Waals surface area contributed by atoms with Gasteiger partial charge in [-0.05, 0) is 17.7 Å². The molecule has 1 fully saturated rings. The quantitative estimate of drug-likeness (QED) is 0.782. The maximum absolute atomic E-state index is 13.1. The second-order valence-corrected chi connectivity index (χ2v) is 4.38. The summed E-state index contributed by atoms with van der Waals surface area (Å²) in [5.41, 5.74) is 4.57. The minimum atomic E-state index is -4.59. The molecule has 1 aromatic carbocycles. The Hall–Kier alpha value is -2.09. The van der Waals surface area contributed by atoms with Gasteiger partial charge in [0.05, 0.1) is 18.7 Å². The molecule has 5 nitrogen and oxygen atoms in total. The molecule has 108 valence electrons. The van der Waals surface area contributed by atoms with Crippen LogP contribution in [0.15, 0.2) is 18.2 Å². The van der Waals surface area contributed by atoms with E-state index in [-0.39, 0.29) is 25.3 Å². The van der Waals surface area contributed by atoms with Crippen LogP contribution in [0.25, 0.3) is 0 Å². The number of halogens is 3. The average Bonchev–Trinajstić information content (AvgIpc) is 2.35. The number of nitrogens with one attached hydrogen (secondary N) is 1. The fraction of sp³-hybridized carbons (Fsp3) is 0.333. The van der Waals surface area contributed by atoms with Crippen LogP contribution in [-0.4, -0.2) is 24.9 Å². The van der Waals surface area contributed by atoms with Gasteiger partial charge >= 0.3 is 6.18 Å². The Kier molecular flexibility index (Phi) is 3.67. The van der Waals surface area contributed by atoms with Gasteiger partial charge in [0.25, 0.3) is 0 Å². The van der Waals surface area contributed by atoms with Gasteiger partial charge in [0.2, 0.25) is 11.8 Å². The lowest BCUT2D eigenvalue weighted by Crippen LogP contribution is -2.52. The molecule has 2 amide bonds. The Bertz CT molecular complexity index is 541. The van der Waals surface area contributed by atoms with Crippen molar-refractivity contribution in [1.82, 2.24) is 5.32 Å². The van der Waals surface area contributed by atoms with Gasteiger partial charge in [-0.2, -0.15) is 13.2 Å². The minimum absolute atomic E-state index is 0.0250. The summed E-state index contributed by atoms with van der Waals surface area (Å²) in [5, 5.41) is 2.04. The molecule has 0 radical (unpaired) electrons. The lowest BCUT2D eigenvalue weighted by atomic mass is 10.1. The molecule has 2 rings (SSSR count). The van der Waals surface area contributed by atoms with Crippen LogP contribution in [0, 0.1) is 0 Å². The Morgan fingerprint density at radius 3 is 2.30 bits per heavy atom. The summed E-state index contributed by atoms with van der Waals surface area (Å²) in [4.78, 5) is 23.6. The van der Waals surface area contributed by atoms with Crippen molar-refractivity contribution in [2.75, 3.05) is 18.0 Å². The van der Waals surface area contributed by atoms with E-state index in [4.69, 9.17) is 5.73 Å². The van der Waals surface area contributed by atoms with Gasteiger partial charge in [-0.25, -0.2) is 0 Å². The first-order valence-corrected chi connectivity index (χ1v) is 5.79. The number of carbonyl (C=O) groups is 2. The van der Waals surface area contributed by atoms with Crippen LogP contribution < -0.4 is 16.0 Å². The summed E-state index contributed by atoms with van der Waals surface area (Å²) in [6, 6.07) is 3.62. The van der Waals surface area contributed by atoms with E-state index in [1.54, 1.807) is 0 Å². The zero-order valence-electron chi connectivity index (χ0n) is 10.3. The number of anilines is 1. The molecule has 0 aliphatic carbocycles. The molecule has 1 saturated heterocycles. The molecule has 1 aliphatic heterocycles. The van der Waals surface area contributed by atoms with E-state index in [0.717, 1.165) is 11.0 Å². The number of nitrogens with two attached hydrogens (primary N) is 1. The van der Waals surface area contributed by atoms with Gasteiger partial charge in [-0.1, -0.05) is 6.07 Å². The first-order valence-electron chi connectivity index (χ1n) is 5.79. The summed E-state index contributed by atoms with van der Waals surface area (Å²) < 4.78 is 39.2. The molecular weight excluding hydrogens is 275 g/mol. The number of imide groups is 1. The molecule has 0 bridgehead atoms. The number of rotatable bonds is 2. The van der Waals surface area contributed by atoms with E-state index >= 15 is 0 Å². The Morgan fingerprint density at radius 2 is 1.80 bits per heavy atom. The van der Waals surface area contributed by atoms with Crippen LogP contribution in [0.4, 0.5) is 18.9 Å². The average molecular weight is 287 g/mol. The van der Waals surface area contributed by atoms with Gasteiger partial charge in [0, 0.05) is 12.2 Å². The largest absolute Gasteiger partial charge is 0.418 e. The highest BCUT2D eigenvalue weighted by Gasteiger charge is 2.36. The molecule has 0 aromatic heterocycles. The number of alkyl halides is 3. The number of carbonyl (C=O) groups excluding carboxylic acids is 2. The molecule has 3 N–H and O–H groups in total. The topological polar surface area (TPSA) is 75.4 Å². The maximum atomic E-state index is 13.1. The van der Waals surface area contributed by atoms with E-state index in [1.165, 1.54) is 12.1 Å². The van der Waals surface area contributed by atoms with Crippen molar-refractivity contribution < 1.29 is 22.8 Å². The van der Waals surface area contributed by atoms with Crippen molar-refractivity contribution >= 4 is 17.5 Å². The fourth-order valence-electron chi connectivity index (χ4n) is 2.02. The van der Waals surface area contributed by atoms with E-state index in [2.05, 4.69) is 0 Å². The lowest BCUT2D eigenvalue weighted by Gasteiger charge is -2.30. The van der Waals surface area contributed by atoms with Crippen LogP contribution in [0.2, 0.25) is 0 Å². The zero-order chi connectivity index (χ0) is 14.9. The van der Waals surface area contributed by atoms with E-state index in [9.17, 15) is 22.8 Å². The molecular formula is C12H12F3N3O2. The Labute approximate surface area is 112 Å². The number of benzene rings is 1. The third-order valence-electron chi connectivity index (χ3n) is 2.89. The first-order chi connectivity index (χ1) is 9.31. The van der Waals surface area contributed by atoms with Crippen molar-refractivity contribution in [3.63, 3.8) is 0 Å². The normalized spacial score (nSPS) is 16.3. The zero-order valence-corrected chi connectivity index (χ0v) is 10.3. The number of amides is 2. The highest BCUT2D eigenvalue weighted by molar-refractivity contribution is 6.02. The lowest BCUT2D eigenvalue weighted by molar-refractivity contribution is -0.138. The third kappa shape index (κ3) is 2.90. The minimum Gasteiger partial charge on any atom is -0.352 e. The molecule has 0 unspecified atom stereocenters. The van der Waals surface area contributed by atoms with Gasteiger partial charge < -0.3 is 10.6 Å². The number of piperazine rings is 1. The van der Waals surface area contributed by atoms with E-state index in [0.29, 0.717) is 5.56 Å². The van der Waals surface area contributed by atoms with Crippen LogP contribution in [0.1, 0.15) is 11.1 Å². The van der Waals surface area contributed by atoms with Gasteiger partial charge in [-0.15, -0.1) is 0 Å². The van der Waals surface area contributed by atoms with E-state index < -0.39 is 23.6 Å². The summed E-state index contributed by atoms with van der Waals surface area (Å²) in [6.45, 7) is -0.615. The molecule has 20 heavy (non-hydrogen) atoms. The third-order valence-corrected chi connectivity index (χ3v) is 2.89. The Morgan fingerprint density at radius 1 is 1.20 bits per heavy atom. The van der Waals surface area contributed by atoms with Crippen molar-refractivity contribution in [3.05, 3.63) is 29.3 Å². The first kappa shape index (κ1) is 14.3. The second-order valence-electron chi connectivity index (χ2n) is 4.38. The van der Waals surface area contributed by atoms with Crippen LogP contribution in [0.3, 0.4) is 0 Å². The van der Waals surface area contributed by atoms with Crippen LogP contribution in [0.5, 0.6) is 0 Å². The molecule has 1 heterocycles. The summed E-state index contributed by atoms with van der Waals surface area (Å²) in [6.07, 6.45) is -4.59. The van der Waals surface area contributed by atoms with Crippen LogP contribution in [-0.2, 0) is 22.3 Å². The molecule has 0 spiro atoms. The second kappa shape index (κ2) is 5.12. The fourth-order valence-corrected chi connectivity index (χ4v) is 2.02. The summed E-state index contributed by atoms with van der Waals surface area (Å²) in [5.74, 6) is -1.26. The highest BCUT2D eigenvalue weighted by atomic mass is 19.4. The smallest absolute Gasteiger partial charge is 0.352 e. The van der Waals surface area contributed by atoms with E-state index in [1.807, 2.05) is 5.32 Å². The molecule has 0 atom stereocenters. The molecule has 1 aromatic rings. The monoisotopic (exact) mass is 287 g/mol. The predicted molar refractivity (Wildman–Crippen MR) is 64.7 cm³/mol. The van der Waals surface area contributed by atoms with Crippen molar-refractivity contribution in [2.45, 2.75) is 12.7 Å². The van der Waals surface area contributed by atoms with Crippen LogP contribution >= 0.6 is 0 Å². The molecule has 1 aliphatic rings. The number of hydrogen-bond donors (Lipinski definition) is 2. The number of nitrogens with zero attached hydrogens (tertiary/aromatic N) is 1. The van der Waals surface area contributed by atoms with Crippen molar-refractivity contribution in [3.8, 4) is 0 Å². The summed E-state index contributed by atoms with van der Waals surface area (Å²) >= 11 is 0. The van der Waals surface area contributed by atoms with Crippen molar-refractivity contribution in [2.24, 2.45) is 5.73 Å². The predicted octanol–water partition coefficient (Wildman–Crippen LogP) is 0.627. The van der Waals surface area contributed by atoms with Gasteiger partial charge in [0.1, 0.15) is 0 Å². The Balaban J connectivity index is 2.45. The van der Waals surface area contributed by atoms with Gasteiger partial charge in [0.15, 0.2) is 0 Å².